The third-order valence-electron chi connectivity index (χ3n) is 3.89. The van der Waals surface area contributed by atoms with Crippen LogP contribution in [0.4, 0.5) is 5.00 Å². The van der Waals surface area contributed by atoms with Gasteiger partial charge in [0.15, 0.2) is 5.82 Å². The normalized spacial score (nSPS) is 25.9. The highest BCUT2D eigenvalue weighted by molar-refractivity contribution is 7.18. The van der Waals surface area contributed by atoms with E-state index in [1.807, 2.05) is 0 Å². The molecule has 0 saturated heterocycles. The first-order valence-electron chi connectivity index (χ1n) is 6.85. The van der Waals surface area contributed by atoms with E-state index in [2.05, 4.69) is 17.1 Å². The summed E-state index contributed by atoms with van der Waals surface area (Å²) in [5.41, 5.74) is 5.87. The molecule has 1 aliphatic carbocycles. The highest BCUT2D eigenvalue weighted by Gasteiger charge is 2.37. The monoisotopic (exact) mass is 308 g/mol. The molecule has 2 aromatic heterocycles. The Bertz CT molecular complexity index is 668. The SMILES string of the molecule is CC1CCCC(N)(c2noc(-c3ccc([N+](=O)[O-])s3)n2)C1. The second kappa shape index (κ2) is 5.19. The molecule has 2 N–H and O–H groups in total. The summed E-state index contributed by atoms with van der Waals surface area (Å²) in [6, 6.07) is 3.05. The third-order valence-corrected chi connectivity index (χ3v) is 4.91. The zero-order valence-electron chi connectivity index (χ0n) is 11.6. The Morgan fingerprint density at radius 2 is 2.38 bits per heavy atom. The average Bonchev–Trinajstić information content (AvgIpc) is 3.08. The maximum atomic E-state index is 10.7. The van der Waals surface area contributed by atoms with E-state index in [4.69, 9.17) is 10.3 Å². The Morgan fingerprint density at radius 1 is 1.57 bits per heavy atom. The topological polar surface area (TPSA) is 108 Å². The first kappa shape index (κ1) is 14.2. The Kier molecular flexibility index (Phi) is 3.50. The van der Waals surface area contributed by atoms with Gasteiger partial charge in [-0.25, -0.2) is 0 Å². The van der Waals surface area contributed by atoms with Gasteiger partial charge in [-0.15, -0.1) is 0 Å². The number of aromatic nitrogens is 2. The maximum absolute atomic E-state index is 10.7. The largest absolute Gasteiger partial charge is 0.333 e. The van der Waals surface area contributed by atoms with Gasteiger partial charge in [-0.2, -0.15) is 4.98 Å². The number of nitrogens with two attached hydrogens (primary N) is 1. The van der Waals surface area contributed by atoms with Gasteiger partial charge in [0.1, 0.15) is 0 Å². The lowest BCUT2D eigenvalue weighted by Gasteiger charge is -2.33. The molecule has 0 aromatic carbocycles. The van der Waals surface area contributed by atoms with Gasteiger partial charge in [0, 0.05) is 6.07 Å². The molecule has 2 atom stereocenters. The summed E-state index contributed by atoms with van der Waals surface area (Å²) in [5.74, 6) is 1.33. The van der Waals surface area contributed by atoms with Crippen LogP contribution in [0.25, 0.3) is 10.8 Å². The van der Waals surface area contributed by atoms with Crippen molar-refractivity contribution in [3.8, 4) is 10.8 Å². The summed E-state index contributed by atoms with van der Waals surface area (Å²) < 4.78 is 5.24. The number of hydrogen-bond acceptors (Lipinski definition) is 7. The second-order valence-electron chi connectivity index (χ2n) is 5.68. The average molecular weight is 308 g/mol. The molecule has 112 valence electrons. The lowest BCUT2D eigenvalue weighted by Crippen LogP contribution is -2.42. The first-order valence-corrected chi connectivity index (χ1v) is 7.67. The minimum absolute atomic E-state index is 0.0542. The molecule has 1 aliphatic rings. The van der Waals surface area contributed by atoms with Crippen molar-refractivity contribution in [1.29, 1.82) is 0 Å². The van der Waals surface area contributed by atoms with Crippen LogP contribution >= 0.6 is 11.3 Å². The van der Waals surface area contributed by atoms with E-state index in [1.165, 1.54) is 12.5 Å². The van der Waals surface area contributed by atoms with E-state index in [1.54, 1.807) is 6.07 Å². The fourth-order valence-electron chi connectivity index (χ4n) is 2.86. The van der Waals surface area contributed by atoms with E-state index in [0.717, 1.165) is 30.6 Å². The van der Waals surface area contributed by atoms with Gasteiger partial charge < -0.3 is 10.3 Å². The zero-order valence-corrected chi connectivity index (χ0v) is 12.4. The van der Waals surface area contributed by atoms with Crippen molar-refractivity contribution in [3.63, 3.8) is 0 Å². The lowest BCUT2D eigenvalue weighted by molar-refractivity contribution is -0.380. The zero-order chi connectivity index (χ0) is 15.0. The van der Waals surface area contributed by atoms with Gasteiger partial charge in [0.2, 0.25) is 0 Å². The van der Waals surface area contributed by atoms with E-state index in [9.17, 15) is 10.1 Å². The standard InChI is InChI=1S/C13H16N4O3S/c1-8-3-2-6-13(14,7-8)12-15-11(20-16-12)9-4-5-10(21-9)17(18)19/h4-5,8H,2-3,6-7,14H2,1H3. The van der Waals surface area contributed by atoms with Gasteiger partial charge >= 0.3 is 5.00 Å². The van der Waals surface area contributed by atoms with Crippen molar-refractivity contribution < 1.29 is 9.45 Å². The van der Waals surface area contributed by atoms with Gasteiger partial charge in [-0.1, -0.05) is 36.3 Å². The van der Waals surface area contributed by atoms with Gasteiger partial charge in [-0.05, 0) is 24.8 Å². The molecule has 0 bridgehead atoms. The van der Waals surface area contributed by atoms with Crippen molar-refractivity contribution >= 4 is 16.3 Å². The predicted octanol–water partition coefficient (Wildman–Crippen LogP) is 3.07. The minimum Gasteiger partial charge on any atom is -0.333 e. The lowest BCUT2D eigenvalue weighted by atomic mass is 9.76. The number of hydrogen-bond donors (Lipinski definition) is 1. The summed E-state index contributed by atoms with van der Waals surface area (Å²) in [6.45, 7) is 2.17. The third kappa shape index (κ3) is 2.68. The van der Waals surface area contributed by atoms with E-state index >= 15 is 0 Å². The highest BCUT2D eigenvalue weighted by atomic mass is 32.1. The fourth-order valence-corrected chi connectivity index (χ4v) is 3.60. The van der Waals surface area contributed by atoms with Crippen LogP contribution in [-0.4, -0.2) is 15.1 Å². The van der Waals surface area contributed by atoms with Crippen LogP contribution in [-0.2, 0) is 5.54 Å². The Hall–Kier alpha value is -1.80. The smallest absolute Gasteiger partial charge is 0.324 e. The van der Waals surface area contributed by atoms with Crippen molar-refractivity contribution in [2.24, 2.45) is 11.7 Å². The van der Waals surface area contributed by atoms with Crippen LogP contribution in [0.2, 0.25) is 0 Å². The molecule has 2 unspecified atom stereocenters. The second-order valence-corrected chi connectivity index (χ2v) is 6.74. The van der Waals surface area contributed by atoms with E-state index < -0.39 is 10.5 Å². The van der Waals surface area contributed by atoms with Crippen LogP contribution in [0.1, 0.15) is 38.4 Å². The molecule has 3 rings (SSSR count). The summed E-state index contributed by atoms with van der Waals surface area (Å²) in [6.07, 6.45) is 3.88. The summed E-state index contributed by atoms with van der Waals surface area (Å²) in [5, 5.41) is 14.8. The fraction of sp³-hybridized carbons (Fsp3) is 0.538. The Morgan fingerprint density at radius 3 is 3.05 bits per heavy atom. The van der Waals surface area contributed by atoms with Crippen molar-refractivity contribution in [2.45, 2.75) is 38.1 Å². The molecule has 0 radical (unpaired) electrons. The van der Waals surface area contributed by atoms with Crippen LogP contribution < -0.4 is 5.73 Å². The molecule has 2 aromatic rings. The van der Waals surface area contributed by atoms with Gasteiger partial charge in [-0.3, -0.25) is 10.1 Å². The number of nitro groups is 1. The number of thiophene rings is 1. The minimum atomic E-state index is -0.553. The Balaban J connectivity index is 1.87. The summed E-state index contributed by atoms with van der Waals surface area (Å²) >= 11 is 1.02. The van der Waals surface area contributed by atoms with Crippen LogP contribution in [0.15, 0.2) is 16.7 Å². The van der Waals surface area contributed by atoms with Crippen molar-refractivity contribution in [2.75, 3.05) is 0 Å². The summed E-state index contributed by atoms with van der Waals surface area (Å²) in [4.78, 5) is 15.2. The molecule has 21 heavy (non-hydrogen) atoms. The molecule has 0 spiro atoms. The molecule has 2 heterocycles. The highest BCUT2D eigenvalue weighted by Crippen LogP contribution is 2.38. The number of nitrogens with zero attached hydrogens (tertiary/aromatic N) is 3. The van der Waals surface area contributed by atoms with E-state index in [0.29, 0.717) is 22.5 Å². The quantitative estimate of drug-likeness (QED) is 0.689. The molecule has 1 fully saturated rings. The van der Waals surface area contributed by atoms with E-state index in [-0.39, 0.29) is 5.00 Å². The van der Waals surface area contributed by atoms with Crippen LogP contribution in [0, 0.1) is 16.0 Å². The van der Waals surface area contributed by atoms with Crippen LogP contribution in [0.3, 0.4) is 0 Å². The molecule has 0 aliphatic heterocycles. The molecule has 0 amide bonds. The van der Waals surface area contributed by atoms with Gasteiger partial charge in [0.25, 0.3) is 5.89 Å². The molecule has 7 nitrogen and oxygen atoms in total. The summed E-state index contributed by atoms with van der Waals surface area (Å²) in [7, 11) is 0. The molecule has 1 saturated carbocycles. The Labute approximate surface area is 125 Å². The number of rotatable bonds is 3. The van der Waals surface area contributed by atoms with Gasteiger partial charge in [0.05, 0.1) is 15.3 Å². The van der Waals surface area contributed by atoms with Crippen molar-refractivity contribution in [1.82, 2.24) is 10.1 Å². The molecular weight excluding hydrogens is 292 g/mol. The van der Waals surface area contributed by atoms with Crippen LogP contribution in [0.5, 0.6) is 0 Å². The molecular formula is C13H16N4O3S. The van der Waals surface area contributed by atoms with Crippen molar-refractivity contribution in [3.05, 3.63) is 28.1 Å². The first-order chi connectivity index (χ1) is 9.98. The maximum Gasteiger partial charge on any atom is 0.324 e. The predicted molar refractivity (Wildman–Crippen MR) is 77.8 cm³/mol. The molecule has 8 heteroatoms.